The van der Waals surface area contributed by atoms with Crippen molar-refractivity contribution in [2.75, 3.05) is 18.7 Å². The summed E-state index contributed by atoms with van der Waals surface area (Å²) in [4.78, 5) is 24.5. The van der Waals surface area contributed by atoms with Crippen molar-refractivity contribution in [3.05, 3.63) is 23.8 Å². The van der Waals surface area contributed by atoms with Crippen LogP contribution in [0.5, 0.6) is 11.5 Å². The second-order valence-corrected chi connectivity index (χ2v) is 5.02. The largest absolute Gasteiger partial charge is 0.504 e. The van der Waals surface area contributed by atoms with Crippen LogP contribution in [0.4, 0.5) is 0 Å². The molecule has 1 heterocycles. The summed E-state index contributed by atoms with van der Waals surface area (Å²) in [5.74, 6) is -0.591. The fourth-order valence-electron chi connectivity index (χ4n) is 1.84. The number of benzene rings is 1. The lowest BCUT2D eigenvalue weighted by Gasteiger charge is -2.20. The van der Waals surface area contributed by atoms with Gasteiger partial charge in [-0.2, -0.15) is 0 Å². The maximum absolute atomic E-state index is 12.2. The standard InChI is InChI=1S/C12H13NO5S/c1-18-10-3-2-7(4-9(10)14)11(15)13-6-19-5-8(13)12(16)17/h2-4,8,14H,5-6H2,1H3,(H,16,17)/t8-/m0/s1. The molecule has 0 bridgehead atoms. The predicted octanol–water partition coefficient (Wildman–Crippen LogP) is 1.00. The number of amides is 1. The van der Waals surface area contributed by atoms with Gasteiger partial charge in [-0.1, -0.05) is 0 Å². The van der Waals surface area contributed by atoms with Crippen LogP contribution in [0, 0.1) is 0 Å². The monoisotopic (exact) mass is 283 g/mol. The van der Waals surface area contributed by atoms with Crippen LogP contribution in [0.1, 0.15) is 10.4 Å². The quantitative estimate of drug-likeness (QED) is 0.860. The second-order valence-electron chi connectivity index (χ2n) is 4.02. The topological polar surface area (TPSA) is 87.1 Å². The number of hydrogen-bond acceptors (Lipinski definition) is 5. The Morgan fingerprint density at radius 1 is 1.47 bits per heavy atom. The van der Waals surface area contributed by atoms with Crippen molar-refractivity contribution in [1.82, 2.24) is 4.90 Å². The SMILES string of the molecule is COc1ccc(C(=O)N2CSC[C@H]2C(=O)O)cc1O. The number of rotatable bonds is 3. The van der Waals surface area contributed by atoms with Gasteiger partial charge in [-0.15, -0.1) is 11.8 Å². The second kappa shape index (κ2) is 5.40. The summed E-state index contributed by atoms with van der Waals surface area (Å²) in [7, 11) is 1.41. The van der Waals surface area contributed by atoms with Crippen LogP contribution in [-0.2, 0) is 4.79 Å². The Morgan fingerprint density at radius 3 is 2.79 bits per heavy atom. The molecular formula is C12H13NO5S. The average Bonchev–Trinajstić information content (AvgIpc) is 2.87. The van der Waals surface area contributed by atoms with Gasteiger partial charge in [-0.3, -0.25) is 4.79 Å². The van der Waals surface area contributed by atoms with Gasteiger partial charge >= 0.3 is 5.97 Å². The van der Waals surface area contributed by atoms with Crippen LogP contribution in [0.3, 0.4) is 0 Å². The number of carbonyl (C=O) groups excluding carboxylic acids is 1. The average molecular weight is 283 g/mol. The lowest BCUT2D eigenvalue weighted by Crippen LogP contribution is -2.41. The van der Waals surface area contributed by atoms with Gasteiger partial charge in [0.05, 0.1) is 13.0 Å². The molecule has 1 fully saturated rings. The van der Waals surface area contributed by atoms with E-state index >= 15 is 0 Å². The maximum atomic E-state index is 12.2. The minimum Gasteiger partial charge on any atom is -0.504 e. The number of phenols is 1. The predicted molar refractivity (Wildman–Crippen MR) is 69.6 cm³/mol. The number of hydrogen-bond donors (Lipinski definition) is 2. The summed E-state index contributed by atoms with van der Waals surface area (Å²) in [6, 6.07) is 3.44. The smallest absolute Gasteiger partial charge is 0.327 e. The van der Waals surface area contributed by atoms with E-state index in [4.69, 9.17) is 9.84 Å². The molecule has 0 aliphatic carbocycles. The number of ether oxygens (including phenoxy) is 1. The van der Waals surface area contributed by atoms with E-state index in [0.29, 0.717) is 11.6 Å². The van der Waals surface area contributed by atoms with E-state index in [9.17, 15) is 14.7 Å². The third kappa shape index (κ3) is 2.60. The van der Waals surface area contributed by atoms with Gasteiger partial charge < -0.3 is 19.8 Å². The minimum atomic E-state index is -1.02. The third-order valence-corrected chi connectivity index (χ3v) is 3.87. The molecule has 19 heavy (non-hydrogen) atoms. The molecule has 0 saturated carbocycles. The Kier molecular flexibility index (Phi) is 3.84. The molecule has 0 radical (unpaired) electrons. The van der Waals surface area contributed by atoms with Gasteiger partial charge in [0.1, 0.15) is 6.04 Å². The molecule has 1 aromatic rings. The van der Waals surface area contributed by atoms with E-state index < -0.39 is 17.9 Å². The van der Waals surface area contributed by atoms with Crippen LogP contribution < -0.4 is 4.74 Å². The Balaban J connectivity index is 2.24. The Hall–Kier alpha value is -1.89. The molecule has 1 aromatic carbocycles. The van der Waals surface area contributed by atoms with Gasteiger partial charge in [0.25, 0.3) is 5.91 Å². The molecule has 1 amide bonds. The third-order valence-electron chi connectivity index (χ3n) is 2.85. The first-order valence-electron chi connectivity index (χ1n) is 5.53. The van der Waals surface area contributed by atoms with Crippen molar-refractivity contribution in [2.24, 2.45) is 0 Å². The molecule has 0 spiro atoms. The minimum absolute atomic E-state index is 0.146. The Bertz CT molecular complexity index is 519. The summed E-state index contributed by atoms with van der Waals surface area (Å²) >= 11 is 1.39. The molecular weight excluding hydrogens is 270 g/mol. The van der Waals surface area contributed by atoms with Crippen molar-refractivity contribution >= 4 is 23.6 Å². The first-order chi connectivity index (χ1) is 9.04. The van der Waals surface area contributed by atoms with E-state index in [1.165, 1.54) is 42.0 Å². The normalized spacial score (nSPS) is 18.4. The van der Waals surface area contributed by atoms with E-state index in [-0.39, 0.29) is 17.1 Å². The molecule has 0 aromatic heterocycles. The number of methoxy groups -OCH3 is 1. The molecule has 2 N–H and O–H groups in total. The van der Waals surface area contributed by atoms with E-state index in [0.717, 1.165) is 0 Å². The maximum Gasteiger partial charge on any atom is 0.327 e. The summed E-state index contributed by atoms with van der Waals surface area (Å²) in [5, 5.41) is 18.7. The first-order valence-corrected chi connectivity index (χ1v) is 6.68. The molecule has 2 rings (SSSR count). The molecule has 102 valence electrons. The van der Waals surface area contributed by atoms with Crippen molar-refractivity contribution in [3.8, 4) is 11.5 Å². The van der Waals surface area contributed by atoms with Crippen LogP contribution in [0.25, 0.3) is 0 Å². The molecule has 1 saturated heterocycles. The number of nitrogens with zero attached hydrogens (tertiary/aromatic N) is 1. The number of carboxylic acids is 1. The fourth-order valence-corrected chi connectivity index (χ4v) is 2.98. The summed E-state index contributed by atoms with van der Waals surface area (Å²) in [5.41, 5.74) is 0.243. The fraction of sp³-hybridized carbons (Fsp3) is 0.333. The van der Waals surface area contributed by atoms with E-state index in [2.05, 4.69) is 0 Å². The van der Waals surface area contributed by atoms with E-state index in [1.807, 2.05) is 0 Å². The number of aromatic hydroxyl groups is 1. The summed E-state index contributed by atoms with van der Waals surface area (Å²) in [6.07, 6.45) is 0. The van der Waals surface area contributed by atoms with Crippen LogP contribution in [-0.4, -0.2) is 51.8 Å². The van der Waals surface area contributed by atoms with Crippen molar-refractivity contribution < 1.29 is 24.5 Å². The van der Waals surface area contributed by atoms with Gasteiger partial charge in [0.15, 0.2) is 11.5 Å². The highest BCUT2D eigenvalue weighted by Gasteiger charge is 2.35. The van der Waals surface area contributed by atoms with Gasteiger partial charge in [-0.25, -0.2) is 4.79 Å². The number of carboxylic acid groups (broad SMARTS) is 1. The van der Waals surface area contributed by atoms with Crippen LogP contribution in [0.2, 0.25) is 0 Å². The Morgan fingerprint density at radius 2 is 2.21 bits per heavy atom. The zero-order chi connectivity index (χ0) is 14.0. The highest BCUT2D eigenvalue weighted by atomic mass is 32.2. The number of carbonyl (C=O) groups is 2. The number of aliphatic carboxylic acids is 1. The lowest BCUT2D eigenvalue weighted by molar-refractivity contribution is -0.140. The molecule has 1 aliphatic rings. The van der Waals surface area contributed by atoms with Gasteiger partial charge in [0.2, 0.25) is 0 Å². The summed E-state index contributed by atoms with van der Waals surface area (Å²) in [6.45, 7) is 0. The summed E-state index contributed by atoms with van der Waals surface area (Å²) < 4.78 is 4.89. The molecule has 1 aliphatic heterocycles. The number of thioether (sulfide) groups is 1. The van der Waals surface area contributed by atoms with Crippen molar-refractivity contribution in [1.29, 1.82) is 0 Å². The Labute approximate surface area is 114 Å². The molecule has 7 heteroatoms. The molecule has 0 unspecified atom stereocenters. The van der Waals surface area contributed by atoms with E-state index in [1.54, 1.807) is 0 Å². The highest BCUT2D eigenvalue weighted by molar-refractivity contribution is 7.99. The van der Waals surface area contributed by atoms with Crippen LogP contribution in [0.15, 0.2) is 18.2 Å². The van der Waals surface area contributed by atoms with Gasteiger partial charge in [-0.05, 0) is 18.2 Å². The zero-order valence-electron chi connectivity index (χ0n) is 10.2. The van der Waals surface area contributed by atoms with Gasteiger partial charge in [0, 0.05) is 11.3 Å². The number of phenolic OH excluding ortho intramolecular Hbond substituents is 1. The van der Waals surface area contributed by atoms with Crippen LogP contribution >= 0.6 is 11.8 Å². The zero-order valence-corrected chi connectivity index (χ0v) is 11.0. The molecule has 6 nitrogen and oxygen atoms in total. The molecule has 1 atom stereocenters. The van der Waals surface area contributed by atoms with Crippen molar-refractivity contribution in [2.45, 2.75) is 6.04 Å². The lowest BCUT2D eigenvalue weighted by atomic mass is 10.1. The first kappa shape index (κ1) is 13.5. The highest BCUT2D eigenvalue weighted by Crippen LogP contribution is 2.29. The van der Waals surface area contributed by atoms with Crippen molar-refractivity contribution in [3.63, 3.8) is 0 Å².